The molecule has 1 atom stereocenters. The van der Waals surface area contributed by atoms with Crippen molar-refractivity contribution in [2.24, 2.45) is 4.40 Å². The molecule has 1 aromatic carbocycles. The molecule has 3 nitrogen and oxygen atoms in total. The van der Waals surface area contributed by atoms with Crippen molar-refractivity contribution in [1.82, 2.24) is 0 Å². The Labute approximate surface area is 119 Å². The molecule has 0 saturated carbocycles. The van der Waals surface area contributed by atoms with E-state index in [1.54, 1.807) is 13.0 Å². The average molecular weight is 285 g/mol. The predicted octanol–water partition coefficient (Wildman–Crippen LogP) is 3.13. The van der Waals surface area contributed by atoms with Crippen LogP contribution in [0.1, 0.15) is 19.4 Å². The van der Waals surface area contributed by atoms with Gasteiger partial charge in [-0.15, -0.1) is 0 Å². The first-order valence-corrected chi connectivity index (χ1v) is 7.87. The van der Waals surface area contributed by atoms with Gasteiger partial charge in [0.2, 0.25) is 0 Å². The summed E-state index contributed by atoms with van der Waals surface area (Å²) in [6.07, 6.45) is 7.40. The summed E-state index contributed by atoms with van der Waals surface area (Å²) in [7, 11) is -3.60. The smallest absolute Gasteiger partial charge is 0.200 e. The fourth-order valence-electron chi connectivity index (χ4n) is 2.77. The van der Waals surface area contributed by atoms with E-state index in [1.165, 1.54) is 0 Å². The molecule has 4 heteroatoms. The predicted molar refractivity (Wildman–Crippen MR) is 81.1 cm³/mol. The fraction of sp³-hybridized carbons (Fsp3) is 0.188. The minimum atomic E-state index is -3.60. The summed E-state index contributed by atoms with van der Waals surface area (Å²) in [4.78, 5) is 0.335. The van der Waals surface area contributed by atoms with Crippen LogP contribution in [0, 0.1) is 0 Å². The SMILES string of the molecule is CC1=CC=C2C(c3ccccc3)(C=C1)C(C)=NS2(=O)=O. The van der Waals surface area contributed by atoms with Crippen LogP contribution < -0.4 is 0 Å². The highest BCUT2D eigenvalue weighted by Crippen LogP contribution is 2.45. The zero-order valence-electron chi connectivity index (χ0n) is 11.4. The van der Waals surface area contributed by atoms with Gasteiger partial charge in [0.25, 0.3) is 10.0 Å². The molecule has 0 N–H and O–H groups in total. The number of hydrogen-bond acceptors (Lipinski definition) is 2. The van der Waals surface area contributed by atoms with Crippen molar-refractivity contribution < 1.29 is 8.42 Å². The third kappa shape index (κ3) is 1.72. The van der Waals surface area contributed by atoms with E-state index in [1.807, 2.05) is 55.5 Å². The number of allylic oxidation sites excluding steroid dienone is 6. The van der Waals surface area contributed by atoms with Crippen molar-refractivity contribution in [3.63, 3.8) is 0 Å². The summed E-state index contributed by atoms with van der Waals surface area (Å²) in [5.74, 6) is 0. The van der Waals surface area contributed by atoms with E-state index in [-0.39, 0.29) is 0 Å². The highest BCUT2D eigenvalue weighted by Gasteiger charge is 2.48. The number of rotatable bonds is 1. The van der Waals surface area contributed by atoms with Crippen LogP contribution in [0.2, 0.25) is 0 Å². The van der Waals surface area contributed by atoms with E-state index in [0.717, 1.165) is 11.1 Å². The average Bonchev–Trinajstić information content (AvgIpc) is 2.54. The van der Waals surface area contributed by atoms with E-state index in [2.05, 4.69) is 4.40 Å². The van der Waals surface area contributed by atoms with Crippen LogP contribution in [0.15, 0.2) is 69.5 Å². The van der Waals surface area contributed by atoms with Crippen LogP contribution in [0.4, 0.5) is 0 Å². The highest BCUT2D eigenvalue weighted by molar-refractivity contribution is 7.94. The second-order valence-corrected chi connectivity index (χ2v) is 6.67. The van der Waals surface area contributed by atoms with Crippen molar-refractivity contribution in [1.29, 1.82) is 0 Å². The Morgan fingerprint density at radius 1 is 1.05 bits per heavy atom. The largest absolute Gasteiger partial charge is 0.280 e. The van der Waals surface area contributed by atoms with Gasteiger partial charge >= 0.3 is 0 Å². The second kappa shape index (κ2) is 4.28. The molecule has 2 aliphatic rings. The third-order valence-electron chi connectivity index (χ3n) is 3.82. The lowest BCUT2D eigenvalue weighted by atomic mass is 9.76. The zero-order chi connectivity index (χ0) is 14.4. The molecule has 3 rings (SSSR count). The summed E-state index contributed by atoms with van der Waals surface area (Å²) in [5.41, 5.74) is 1.77. The maximum Gasteiger partial charge on any atom is 0.280 e. The van der Waals surface area contributed by atoms with Crippen LogP contribution >= 0.6 is 0 Å². The van der Waals surface area contributed by atoms with E-state index < -0.39 is 15.4 Å². The van der Waals surface area contributed by atoms with Crippen molar-refractivity contribution in [3.8, 4) is 0 Å². The molecule has 20 heavy (non-hydrogen) atoms. The molecule has 0 saturated heterocycles. The molecule has 1 aliphatic carbocycles. The summed E-state index contributed by atoms with van der Waals surface area (Å²) >= 11 is 0. The number of hydrogen-bond donors (Lipinski definition) is 0. The normalized spacial score (nSPS) is 27.2. The lowest BCUT2D eigenvalue weighted by molar-refractivity contribution is 0.603. The molecular formula is C16H15NO2S. The molecule has 1 unspecified atom stereocenters. The number of fused-ring (bicyclic) bond motifs is 1. The van der Waals surface area contributed by atoms with Crippen LogP contribution in [0.3, 0.4) is 0 Å². The zero-order valence-corrected chi connectivity index (χ0v) is 12.2. The molecular weight excluding hydrogens is 270 g/mol. The molecule has 1 heterocycles. The van der Waals surface area contributed by atoms with Gasteiger partial charge in [0.05, 0.1) is 10.3 Å². The lowest BCUT2D eigenvalue weighted by Crippen LogP contribution is -2.31. The summed E-state index contributed by atoms with van der Waals surface area (Å²) in [6.45, 7) is 3.72. The minimum absolute atomic E-state index is 0.335. The Hall–Kier alpha value is -1.94. The van der Waals surface area contributed by atoms with Crippen molar-refractivity contribution >= 4 is 15.7 Å². The molecule has 0 amide bonds. The number of sulfonamides is 1. The first-order valence-electron chi connectivity index (χ1n) is 6.43. The monoisotopic (exact) mass is 285 g/mol. The Morgan fingerprint density at radius 2 is 1.75 bits per heavy atom. The molecule has 0 bridgehead atoms. The van der Waals surface area contributed by atoms with E-state index in [0.29, 0.717) is 10.6 Å². The second-order valence-electron chi connectivity index (χ2n) is 5.10. The van der Waals surface area contributed by atoms with Gasteiger partial charge in [-0.05, 0) is 25.5 Å². The minimum Gasteiger partial charge on any atom is -0.200 e. The van der Waals surface area contributed by atoms with E-state index in [4.69, 9.17) is 0 Å². The van der Waals surface area contributed by atoms with Crippen LogP contribution in [0.25, 0.3) is 0 Å². The summed E-state index contributed by atoms with van der Waals surface area (Å²) in [6, 6.07) is 9.64. The van der Waals surface area contributed by atoms with Crippen molar-refractivity contribution in [2.45, 2.75) is 19.3 Å². The van der Waals surface area contributed by atoms with Crippen LogP contribution in [0.5, 0.6) is 0 Å². The number of nitrogens with zero attached hydrogens (tertiary/aromatic N) is 1. The molecule has 1 aromatic rings. The standard InChI is InChI=1S/C16H15NO2S/c1-12-8-9-15-16(11-10-12,13(2)17-20(15,18)19)14-6-4-3-5-7-14/h3-11H,1-2H3. The summed E-state index contributed by atoms with van der Waals surface area (Å²) in [5, 5.41) is 0. The summed E-state index contributed by atoms with van der Waals surface area (Å²) < 4.78 is 28.6. The van der Waals surface area contributed by atoms with Gasteiger partial charge in [0.1, 0.15) is 0 Å². The molecule has 0 spiro atoms. The Balaban J connectivity index is 2.37. The molecule has 0 aromatic heterocycles. The quantitative estimate of drug-likeness (QED) is 0.796. The first-order chi connectivity index (χ1) is 9.47. The van der Waals surface area contributed by atoms with E-state index in [9.17, 15) is 8.42 Å². The van der Waals surface area contributed by atoms with Crippen LogP contribution in [-0.4, -0.2) is 14.1 Å². The van der Waals surface area contributed by atoms with Gasteiger partial charge in [0, 0.05) is 5.71 Å². The van der Waals surface area contributed by atoms with Gasteiger partial charge in [0.15, 0.2) is 0 Å². The lowest BCUT2D eigenvalue weighted by Gasteiger charge is -2.26. The fourth-order valence-corrected chi connectivity index (χ4v) is 4.35. The topological polar surface area (TPSA) is 46.5 Å². The first kappa shape index (κ1) is 13.1. The van der Waals surface area contributed by atoms with Gasteiger partial charge in [-0.25, -0.2) is 0 Å². The highest BCUT2D eigenvalue weighted by atomic mass is 32.2. The molecule has 102 valence electrons. The van der Waals surface area contributed by atoms with Crippen LogP contribution in [-0.2, 0) is 15.4 Å². The molecule has 0 radical (unpaired) electrons. The van der Waals surface area contributed by atoms with Crippen molar-refractivity contribution in [3.05, 3.63) is 70.7 Å². The maximum atomic E-state index is 12.3. The molecule has 1 aliphatic heterocycles. The van der Waals surface area contributed by atoms with Gasteiger partial charge in [-0.2, -0.15) is 12.8 Å². The van der Waals surface area contributed by atoms with Crippen molar-refractivity contribution in [2.75, 3.05) is 0 Å². The van der Waals surface area contributed by atoms with Gasteiger partial charge in [-0.3, -0.25) is 0 Å². The Kier molecular flexibility index (Phi) is 2.80. The van der Waals surface area contributed by atoms with Gasteiger partial charge in [-0.1, -0.05) is 54.1 Å². The third-order valence-corrected chi connectivity index (χ3v) is 5.35. The van der Waals surface area contributed by atoms with E-state index >= 15 is 0 Å². The maximum absolute atomic E-state index is 12.3. The Morgan fingerprint density at radius 3 is 2.45 bits per heavy atom. The Bertz CT molecular complexity index is 783. The number of benzene rings is 1. The van der Waals surface area contributed by atoms with Gasteiger partial charge < -0.3 is 0 Å². The molecule has 0 fully saturated rings.